The standard InChI is InChI=1S/C22H28N2O5/c1-14-8-7-9-15(2)20(14)23-18(25)13-24(3)19(26)12-16-10-11-17(27-4)22(29-6)21(16)28-5/h7-11H,12-13H2,1-6H3,(H,23,25). The predicted octanol–water partition coefficient (Wildman–Crippen LogP) is 2.97. The van der Waals surface area contributed by atoms with Gasteiger partial charge in [-0.25, -0.2) is 0 Å². The van der Waals surface area contributed by atoms with Crippen molar-refractivity contribution in [1.82, 2.24) is 4.90 Å². The van der Waals surface area contributed by atoms with Crippen molar-refractivity contribution in [2.24, 2.45) is 0 Å². The summed E-state index contributed by atoms with van der Waals surface area (Å²) in [7, 11) is 6.15. The van der Waals surface area contributed by atoms with Gasteiger partial charge in [-0.1, -0.05) is 24.3 Å². The molecule has 0 saturated heterocycles. The predicted molar refractivity (Wildman–Crippen MR) is 112 cm³/mol. The number of benzene rings is 2. The summed E-state index contributed by atoms with van der Waals surface area (Å²) < 4.78 is 16.0. The molecule has 0 fully saturated rings. The lowest BCUT2D eigenvalue weighted by Crippen LogP contribution is -2.36. The van der Waals surface area contributed by atoms with Gasteiger partial charge in [0.1, 0.15) is 0 Å². The van der Waals surface area contributed by atoms with Crippen LogP contribution in [0.5, 0.6) is 17.2 Å². The normalized spacial score (nSPS) is 10.3. The van der Waals surface area contributed by atoms with Crippen LogP contribution in [0.1, 0.15) is 16.7 Å². The quantitative estimate of drug-likeness (QED) is 0.737. The molecule has 0 aromatic heterocycles. The zero-order chi connectivity index (χ0) is 21.6. The van der Waals surface area contributed by atoms with Crippen molar-refractivity contribution in [3.05, 3.63) is 47.0 Å². The fourth-order valence-electron chi connectivity index (χ4n) is 3.09. The van der Waals surface area contributed by atoms with Gasteiger partial charge in [0.05, 0.1) is 34.3 Å². The Labute approximate surface area is 171 Å². The first-order valence-electron chi connectivity index (χ1n) is 9.20. The number of aryl methyl sites for hydroxylation is 2. The highest BCUT2D eigenvalue weighted by molar-refractivity contribution is 5.96. The van der Waals surface area contributed by atoms with Crippen molar-refractivity contribution in [3.63, 3.8) is 0 Å². The number of amides is 2. The summed E-state index contributed by atoms with van der Waals surface area (Å²) in [5.41, 5.74) is 3.38. The Morgan fingerprint density at radius 3 is 2.10 bits per heavy atom. The number of anilines is 1. The largest absolute Gasteiger partial charge is 0.493 e. The van der Waals surface area contributed by atoms with E-state index in [1.165, 1.54) is 26.2 Å². The Morgan fingerprint density at radius 2 is 1.55 bits per heavy atom. The molecule has 1 N–H and O–H groups in total. The number of carbonyl (C=O) groups excluding carboxylic acids is 2. The number of nitrogens with one attached hydrogen (secondary N) is 1. The average molecular weight is 400 g/mol. The fraction of sp³-hybridized carbons (Fsp3) is 0.364. The summed E-state index contributed by atoms with van der Waals surface area (Å²) in [4.78, 5) is 26.5. The third-order valence-electron chi connectivity index (χ3n) is 4.68. The van der Waals surface area contributed by atoms with Gasteiger partial charge in [-0.3, -0.25) is 9.59 Å². The molecule has 0 aliphatic heterocycles. The van der Waals surface area contributed by atoms with Crippen molar-refractivity contribution >= 4 is 17.5 Å². The van der Waals surface area contributed by atoms with Gasteiger partial charge in [-0.2, -0.15) is 0 Å². The van der Waals surface area contributed by atoms with Crippen LogP contribution in [0.3, 0.4) is 0 Å². The van der Waals surface area contributed by atoms with Crippen molar-refractivity contribution in [1.29, 1.82) is 0 Å². The van der Waals surface area contributed by atoms with Gasteiger partial charge in [0, 0.05) is 18.3 Å². The summed E-state index contributed by atoms with van der Waals surface area (Å²) >= 11 is 0. The number of carbonyl (C=O) groups is 2. The topological polar surface area (TPSA) is 77.1 Å². The summed E-state index contributed by atoms with van der Waals surface area (Å²) in [5, 5.41) is 2.89. The van der Waals surface area contributed by atoms with Crippen LogP contribution < -0.4 is 19.5 Å². The molecule has 156 valence electrons. The van der Waals surface area contributed by atoms with Gasteiger partial charge in [-0.05, 0) is 31.0 Å². The molecule has 0 aliphatic rings. The number of nitrogens with zero attached hydrogens (tertiary/aromatic N) is 1. The molecule has 0 spiro atoms. The molecule has 0 bridgehead atoms. The minimum atomic E-state index is -0.252. The van der Waals surface area contributed by atoms with E-state index in [0.717, 1.165) is 16.8 Å². The average Bonchev–Trinajstić information content (AvgIpc) is 2.70. The van der Waals surface area contributed by atoms with E-state index in [1.807, 2.05) is 32.0 Å². The van der Waals surface area contributed by atoms with Gasteiger partial charge < -0.3 is 24.4 Å². The van der Waals surface area contributed by atoms with E-state index in [-0.39, 0.29) is 24.8 Å². The van der Waals surface area contributed by atoms with Crippen molar-refractivity contribution < 1.29 is 23.8 Å². The minimum Gasteiger partial charge on any atom is -0.493 e. The van der Waals surface area contributed by atoms with Crippen LogP contribution >= 0.6 is 0 Å². The van der Waals surface area contributed by atoms with Gasteiger partial charge in [0.25, 0.3) is 0 Å². The minimum absolute atomic E-state index is 0.0534. The maximum Gasteiger partial charge on any atom is 0.243 e. The lowest BCUT2D eigenvalue weighted by Gasteiger charge is -2.20. The third-order valence-corrected chi connectivity index (χ3v) is 4.68. The first-order valence-corrected chi connectivity index (χ1v) is 9.20. The van der Waals surface area contributed by atoms with Crippen LogP contribution in [0.15, 0.2) is 30.3 Å². The Balaban J connectivity index is 2.08. The summed E-state index contributed by atoms with van der Waals surface area (Å²) in [6, 6.07) is 9.27. The Bertz CT molecular complexity index is 875. The highest BCUT2D eigenvalue weighted by Gasteiger charge is 2.20. The van der Waals surface area contributed by atoms with E-state index in [4.69, 9.17) is 14.2 Å². The third kappa shape index (κ3) is 5.19. The molecule has 29 heavy (non-hydrogen) atoms. The molecular formula is C22H28N2O5. The zero-order valence-electron chi connectivity index (χ0n) is 17.8. The van der Waals surface area contributed by atoms with Crippen LogP contribution in [-0.2, 0) is 16.0 Å². The number of ether oxygens (including phenoxy) is 3. The van der Waals surface area contributed by atoms with Crippen LogP contribution in [-0.4, -0.2) is 51.6 Å². The van der Waals surface area contributed by atoms with Crippen LogP contribution in [0.2, 0.25) is 0 Å². The lowest BCUT2D eigenvalue weighted by atomic mass is 10.1. The zero-order valence-corrected chi connectivity index (χ0v) is 17.8. The van der Waals surface area contributed by atoms with Crippen LogP contribution in [0.25, 0.3) is 0 Å². The van der Waals surface area contributed by atoms with Crippen molar-refractivity contribution in [2.45, 2.75) is 20.3 Å². The molecule has 0 heterocycles. The molecule has 0 aliphatic carbocycles. The number of hydrogen-bond acceptors (Lipinski definition) is 5. The van der Waals surface area contributed by atoms with Crippen molar-refractivity contribution in [2.75, 3.05) is 40.2 Å². The Kier molecular flexibility index (Phi) is 7.47. The van der Waals surface area contributed by atoms with E-state index >= 15 is 0 Å². The molecule has 2 aromatic carbocycles. The van der Waals surface area contributed by atoms with E-state index in [1.54, 1.807) is 19.2 Å². The van der Waals surface area contributed by atoms with Crippen LogP contribution in [0, 0.1) is 13.8 Å². The summed E-state index contributed by atoms with van der Waals surface area (Å²) in [6.07, 6.45) is 0.0662. The monoisotopic (exact) mass is 400 g/mol. The number of likely N-dealkylation sites (N-methyl/N-ethyl adjacent to an activating group) is 1. The summed E-state index contributed by atoms with van der Waals surface area (Å²) in [6.45, 7) is 3.81. The maximum absolute atomic E-state index is 12.7. The number of hydrogen-bond donors (Lipinski definition) is 1. The second-order valence-corrected chi connectivity index (χ2v) is 6.74. The highest BCUT2D eigenvalue weighted by atomic mass is 16.5. The van der Waals surface area contributed by atoms with E-state index in [9.17, 15) is 9.59 Å². The fourth-order valence-corrected chi connectivity index (χ4v) is 3.09. The second-order valence-electron chi connectivity index (χ2n) is 6.74. The molecule has 7 heteroatoms. The molecule has 7 nitrogen and oxygen atoms in total. The molecular weight excluding hydrogens is 372 g/mol. The van der Waals surface area contributed by atoms with Gasteiger partial charge in [0.15, 0.2) is 11.5 Å². The second kappa shape index (κ2) is 9.82. The Hall–Kier alpha value is -3.22. The van der Waals surface area contributed by atoms with Gasteiger partial charge >= 0.3 is 0 Å². The Morgan fingerprint density at radius 1 is 0.931 bits per heavy atom. The molecule has 2 amide bonds. The van der Waals surface area contributed by atoms with E-state index in [0.29, 0.717) is 22.8 Å². The SMILES string of the molecule is COc1ccc(CC(=O)N(C)CC(=O)Nc2c(C)cccc2C)c(OC)c1OC. The first kappa shape index (κ1) is 22.1. The van der Waals surface area contributed by atoms with Crippen molar-refractivity contribution in [3.8, 4) is 17.2 Å². The molecule has 0 atom stereocenters. The van der Waals surface area contributed by atoms with Gasteiger partial charge in [0.2, 0.25) is 17.6 Å². The molecule has 0 saturated carbocycles. The van der Waals surface area contributed by atoms with E-state index < -0.39 is 0 Å². The first-order chi connectivity index (χ1) is 13.8. The number of rotatable bonds is 8. The van der Waals surface area contributed by atoms with E-state index in [2.05, 4.69) is 5.32 Å². The summed E-state index contributed by atoms with van der Waals surface area (Å²) in [5.74, 6) is 0.913. The molecule has 2 aromatic rings. The number of para-hydroxylation sites is 1. The van der Waals surface area contributed by atoms with Crippen LogP contribution in [0.4, 0.5) is 5.69 Å². The number of methoxy groups -OCH3 is 3. The molecule has 0 unspecified atom stereocenters. The maximum atomic E-state index is 12.7. The van der Waals surface area contributed by atoms with Gasteiger partial charge in [-0.15, -0.1) is 0 Å². The molecule has 0 radical (unpaired) electrons. The smallest absolute Gasteiger partial charge is 0.243 e. The molecule has 2 rings (SSSR count). The highest BCUT2D eigenvalue weighted by Crippen LogP contribution is 2.40. The lowest BCUT2D eigenvalue weighted by molar-refractivity contribution is -0.132.